The van der Waals surface area contributed by atoms with E-state index in [9.17, 15) is 14.8 Å². The normalized spacial score (nSPS) is 15.2. The van der Waals surface area contributed by atoms with Crippen molar-refractivity contribution < 1.29 is 15.1 Å². The van der Waals surface area contributed by atoms with E-state index in [0.717, 1.165) is 18.9 Å². The molecule has 15 heavy (non-hydrogen) atoms. The lowest BCUT2D eigenvalue weighted by Crippen LogP contribution is -2.24. The monoisotopic (exact) mass is 210 g/mol. The second kappa shape index (κ2) is 3.38. The van der Waals surface area contributed by atoms with Gasteiger partial charge in [-0.2, -0.15) is 0 Å². The minimum absolute atomic E-state index is 0.0939. The lowest BCUT2D eigenvalue weighted by molar-refractivity contribution is -0.136. The molecule has 2 N–H and O–H groups in total. The Morgan fingerprint density at radius 3 is 2.80 bits per heavy atom. The maximum atomic E-state index is 11.3. The van der Waals surface area contributed by atoms with Crippen molar-refractivity contribution in [2.45, 2.75) is 25.2 Å². The molecule has 1 aromatic heterocycles. The molecule has 2 rings (SSSR count). The SMILES string of the molecule is O=C(O)Cc1cc(=O)n(O)c(C2CC2)n1. The van der Waals surface area contributed by atoms with Crippen LogP contribution >= 0.6 is 0 Å². The number of aliphatic carboxylic acids is 1. The Bertz CT molecular complexity index is 462. The molecule has 1 fully saturated rings. The minimum Gasteiger partial charge on any atom is -0.481 e. The number of hydrogen-bond acceptors (Lipinski definition) is 4. The summed E-state index contributed by atoms with van der Waals surface area (Å²) in [6.45, 7) is 0. The number of aromatic nitrogens is 2. The van der Waals surface area contributed by atoms with Gasteiger partial charge in [0.1, 0.15) is 0 Å². The van der Waals surface area contributed by atoms with E-state index in [4.69, 9.17) is 5.11 Å². The van der Waals surface area contributed by atoms with Gasteiger partial charge >= 0.3 is 5.97 Å². The molecular weight excluding hydrogens is 200 g/mol. The highest BCUT2D eigenvalue weighted by Crippen LogP contribution is 2.38. The number of carboxylic acid groups (broad SMARTS) is 1. The van der Waals surface area contributed by atoms with Gasteiger partial charge in [0, 0.05) is 12.0 Å². The average Bonchev–Trinajstić information content (AvgIpc) is 2.93. The molecule has 0 radical (unpaired) electrons. The second-order valence-corrected chi connectivity index (χ2v) is 3.60. The Labute approximate surface area is 84.8 Å². The van der Waals surface area contributed by atoms with Crippen molar-refractivity contribution in [2.24, 2.45) is 0 Å². The molecule has 0 amide bonds. The number of hydrogen-bond donors (Lipinski definition) is 2. The van der Waals surface area contributed by atoms with E-state index in [1.165, 1.54) is 0 Å². The molecule has 0 unspecified atom stereocenters. The van der Waals surface area contributed by atoms with Gasteiger partial charge in [0.25, 0.3) is 5.56 Å². The summed E-state index contributed by atoms with van der Waals surface area (Å²) >= 11 is 0. The van der Waals surface area contributed by atoms with Crippen molar-refractivity contribution in [1.29, 1.82) is 0 Å². The number of nitrogens with zero attached hydrogens (tertiary/aromatic N) is 2. The predicted molar refractivity (Wildman–Crippen MR) is 49.0 cm³/mol. The van der Waals surface area contributed by atoms with Crippen LogP contribution in [0.2, 0.25) is 0 Å². The van der Waals surface area contributed by atoms with Crippen molar-refractivity contribution >= 4 is 5.97 Å². The van der Waals surface area contributed by atoms with E-state index >= 15 is 0 Å². The van der Waals surface area contributed by atoms with Gasteiger partial charge in [-0.05, 0) is 12.8 Å². The Morgan fingerprint density at radius 2 is 2.27 bits per heavy atom. The van der Waals surface area contributed by atoms with Crippen LogP contribution in [0.15, 0.2) is 10.9 Å². The molecule has 1 aliphatic rings. The average molecular weight is 210 g/mol. The Morgan fingerprint density at radius 1 is 1.60 bits per heavy atom. The fourth-order valence-electron chi connectivity index (χ4n) is 1.39. The van der Waals surface area contributed by atoms with Crippen molar-refractivity contribution in [1.82, 2.24) is 9.71 Å². The first-order valence-electron chi connectivity index (χ1n) is 4.62. The van der Waals surface area contributed by atoms with Gasteiger partial charge in [-0.25, -0.2) is 4.98 Å². The first kappa shape index (κ1) is 9.70. The van der Waals surface area contributed by atoms with Gasteiger partial charge in [-0.1, -0.05) is 0 Å². The van der Waals surface area contributed by atoms with Gasteiger partial charge in [-0.3, -0.25) is 9.59 Å². The van der Waals surface area contributed by atoms with Gasteiger partial charge < -0.3 is 10.3 Å². The van der Waals surface area contributed by atoms with Crippen LogP contribution in [-0.4, -0.2) is 26.0 Å². The first-order chi connectivity index (χ1) is 7.08. The minimum atomic E-state index is -1.04. The highest BCUT2D eigenvalue weighted by Gasteiger charge is 2.29. The predicted octanol–water partition coefficient (Wildman–Crippen LogP) is -0.0149. The van der Waals surface area contributed by atoms with Crippen molar-refractivity contribution in [3.8, 4) is 0 Å². The lowest BCUT2D eigenvalue weighted by atomic mass is 10.3. The molecule has 6 nitrogen and oxygen atoms in total. The van der Waals surface area contributed by atoms with Crippen LogP contribution in [0.1, 0.15) is 30.3 Å². The maximum absolute atomic E-state index is 11.3. The standard InChI is InChI=1S/C9H10N2O4/c12-7-3-6(4-8(13)14)10-9(11(7)15)5-1-2-5/h3,5,15H,1-2,4H2,(H,13,14). The summed E-state index contributed by atoms with van der Waals surface area (Å²) in [6, 6.07) is 1.04. The summed E-state index contributed by atoms with van der Waals surface area (Å²) in [5.74, 6) is -0.672. The van der Waals surface area contributed by atoms with Crippen LogP contribution in [0.4, 0.5) is 0 Å². The van der Waals surface area contributed by atoms with Gasteiger partial charge in [-0.15, -0.1) is 4.73 Å². The van der Waals surface area contributed by atoms with E-state index in [0.29, 0.717) is 4.73 Å². The molecule has 0 saturated heterocycles. The quantitative estimate of drug-likeness (QED) is 0.684. The first-order valence-corrected chi connectivity index (χ1v) is 4.62. The van der Waals surface area contributed by atoms with E-state index < -0.39 is 11.5 Å². The Balaban J connectivity index is 2.41. The fourth-order valence-corrected chi connectivity index (χ4v) is 1.39. The molecule has 1 aromatic rings. The number of carboxylic acids is 1. The molecule has 0 atom stereocenters. The summed E-state index contributed by atoms with van der Waals surface area (Å²) in [7, 11) is 0. The maximum Gasteiger partial charge on any atom is 0.309 e. The fraction of sp³-hybridized carbons (Fsp3) is 0.444. The summed E-state index contributed by atoms with van der Waals surface area (Å²) in [5, 5.41) is 17.9. The third kappa shape index (κ3) is 1.98. The molecule has 1 heterocycles. The van der Waals surface area contributed by atoms with Crippen molar-refractivity contribution in [3.63, 3.8) is 0 Å². The van der Waals surface area contributed by atoms with Crippen LogP contribution in [0.25, 0.3) is 0 Å². The van der Waals surface area contributed by atoms with Gasteiger partial charge in [0.05, 0.1) is 12.1 Å². The van der Waals surface area contributed by atoms with Crippen LogP contribution in [0, 0.1) is 0 Å². The highest BCUT2D eigenvalue weighted by atomic mass is 16.5. The smallest absolute Gasteiger partial charge is 0.309 e. The summed E-state index contributed by atoms with van der Waals surface area (Å²) in [5.41, 5.74) is -0.428. The number of rotatable bonds is 3. The van der Waals surface area contributed by atoms with E-state index in [1.54, 1.807) is 0 Å². The number of carbonyl (C=O) groups is 1. The summed E-state index contributed by atoms with van der Waals surface area (Å²) < 4.78 is 0.503. The lowest BCUT2D eigenvalue weighted by Gasteiger charge is -2.05. The third-order valence-electron chi connectivity index (χ3n) is 2.25. The van der Waals surface area contributed by atoms with Crippen LogP contribution in [0.5, 0.6) is 0 Å². The molecule has 80 valence electrons. The summed E-state index contributed by atoms with van der Waals surface area (Å²) in [6.07, 6.45) is 1.46. The topological polar surface area (TPSA) is 92.4 Å². The summed E-state index contributed by atoms with van der Waals surface area (Å²) in [4.78, 5) is 25.7. The van der Waals surface area contributed by atoms with Gasteiger partial charge in [0.15, 0.2) is 5.82 Å². The van der Waals surface area contributed by atoms with Crippen LogP contribution in [0.3, 0.4) is 0 Å². The third-order valence-corrected chi connectivity index (χ3v) is 2.25. The molecule has 0 bridgehead atoms. The van der Waals surface area contributed by atoms with Crippen molar-refractivity contribution in [3.05, 3.63) is 27.9 Å². The zero-order valence-corrected chi connectivity index (χ0v) is 7.88. The van der Waals surface area contributed by atoms with Crippen LogP contribution < -0.4 is 5.56 Å². The zero-order valence-electron chi connectivity index (χ0n) is 7.88. The highest BCUT2D eigenvalue weighted by molar-refractivity contribution is 5.69. The Hall–Kier alpha value is -1.85. The van der Waals surface area contributed by atoms with Gasteiger partial charge in [0.2, 0.25) is 0 Å². The molecule has 6 heteroatoms. The molecule has 1 aliphatic carbocycles. The molecule has 0 aromatic carbocycles. The van der Waals surface area contributed by atoms with E-state index in [-0.39, 0.29) is 23.9 Å². The van der Waals surface area contributed by atoms with Crippen molar-refractivity contribution in [2.75, 3.05) is 0 Å². The van der Waals surface area contributed by atoms with E-state index in [1.807, 2.05) is 0 Å². The largest absolute Gasteiger partial charge is 0.481 e. The molecule has 0 aliphatic heterocycles. The second-order valence-electron chi connectivity index (χ2n) is 3.60. The Kier molecular flexibility index (Phi) is 2.18. The molecule has 1 saturated carbocycles. The van der Waals surface area contributed by atoms with E-state index in [2.05, 4.69) is 4.98 Å². The molecular formula is C9H10N2O4. The zero-order chi connectivity index (χ0) is 11.0. The van der Waals surface area contributed by atoms with Crippen LogP contribution in [-0.2, 0) is 11.2 Å². The molecule has 0 spiro atoms.